The molecule has 2 rings (SSSR count). The van der Waals surface area contributed by atoms with Crippen LogP contribution in [0.2, 0.25) is 0 Å². The first kappa shape index (κ1) is 16.5. The fraction of sp³-hybridized carbons (Fsp3) is 0.714. The second-order valence-electron chi connectivity index (χ2n) is 6.14. The fourth-order valence-corrected chi connectivity index (χ4v) is 3.94. The van der Waals surface area contributed by atoms with Crippen molar-refractivity contribution in [1.82, 2.24) is 10.0 Å². The Balaban J connectivity index is 2.16. The first-order chi connectivity index (χ1) is 9.72. The molecule has 1 saturated heterocycles. The Bertz CT molecular complexity index is 586. The Hall–Kier alpha value is -0.890. The summed E-state index contributed by atoms with van der Waals surface area (Å²) in [6.45, 7) is 9.05. The van der Waals surface area contributed by atoms with Crippen molar-refractivity contribution >= 4 is 10.0 Å². The minimum absolute atomic E-state index is 0.205. The van der Waals surface area contributed by atoms with Crippen LogP contribution in [0.25, 0.3) is 0 Å². The van der Waals surface area contributed by atoms with Crippen molar-refractivity contribution in [3.63, 3.8) is 0 Å². The molecule has 1 aromatic heterocycles. The molecule has 120 valence electrons. The van der Waals surface area contributed by atoms with E-state index in [4.69, 9.17) is 9.15 Å². The molecule has 1 aliphatic rings. The van der Waals surface area contributed by atoms with Gasteiger partial charge in [-0.05, 0) is 20.3 Å². The van der Waals surface area contributed by atoms with E-state index in [0.29, 0.717) is 43.7 Å². The molecule has 0 bridgehead atoms. The van der Waals surface area contributed by atoms with E-state index in [1.165, 1.54) is 0 Å². The Labute approximate surface area is 126 Å². The summed E-state index contributed by atoms with van der Waals surface area (Å²) in [5.74, 6) is 1.03. The number of furan rings is 1. The first-order valence-electron chi connectivity index (χ1n) is 7.16. The lowest BCUT2D eigenvalue weighted by Crippen LogP contribution is -2.46. The van der Waals surface area contributed by atoms with Crippen LogP contribution in [0.1, 0.15) is 38.7 Å². The molecule has 1 aromatic rings. The molecule has 1 atom stereocenters. The van der Waals surface area contributed by atoms with Crippen LogP contribution < -0.4 is 10.0 Å². The van der Waals surface area contributed by atoms with Gasteiger partial charge in [-0.1, -0.05) is 13.8 Å². The second-order valence-corrected chi connectivity index (χ2v) is 7.79. The maximum Gasteiger partial charge on any atom is 0.244 e. The quantitative estimate of drug-likeness (QED) is 0.832. The Morgan fingerprint density at radius 1 is 1.43 bits per heavy atom. The maximum absolute atomic E-state index is 12.5. The van der Waals surface area contributed by atoms with E-state index < -0.39 is 15.6 Å². The van der Waals surface area contributed by atoms with E-state index in [2.05, 4.69) is 10.0 Å². The van der Waals surface area contributed by atoms with Crippen molar-refractivity contribution in [3.8, 4) is 0 Å². The number of sulfonamides is 1. The van der Waals surface area contributed by atoms with Gasteiger partial charge in [0.25, 0.3) is 0 Å². The van der Waals surface area contributed by atoms with Gasteiger partial charge in [0.1, 0.15) is 16.4 Å². The molecule has 7 heteroatoms. The van der Waals surface area contributed by atoms with Crippen molar-refractivity contribution < 1.29 is 17.6 Å². The van der Waals surface area contributed by atoms with Crippen LogP contribution in [0.15, 0.2) is 15.4 Å². The van der Waals surface area contributed by atoms with Crippen molar-refractivity contribution in [3.05, 3.63) is 17.6 Å². The van der Waals surface area contributed by atoms with Gasteiger partial charge in [-0.25, -0.2) is 13.1 Å². The van der Waals surface area contributed by atoms with Crippen LogP contribution in [0.5, 0.6) is 0 Å². The van der Waals surface area contributed by atoms with E-state index in [-0.39, 0.29) is 4.90 Å². The monoisotopic (exact) mass is 316 g/mol. The van der Waals surface area contributed by atoms with Gasteiger partial charge in [0.15, 0.2) is 0 Å². The predicted molar refractivity (Wildman–Crippen MR) is 79.6 cm³/mol. The van der Waals surface area contributed by atoms with Gasteiger partial charge in [0.05, 0.1) is 18.7 Å². The lowest BCUT2D eigenvalue weighted by Gasteiger charge is -2.22. The van der Waals surface area contributed by atoms with Crippen molar-refractivity contribution in [1.29, 1.82) is 0 Å². The van der Waals surface area contributed by atoms with E-state index in [9.17, 15) is 8.42 Å². The van der Waals surface area contributed by atoms with Gasteiger partial charge in [-0.3, -0.25) is 0 Å². The highest BCUT2D eigenvalue weighted by molar-refractivity contribution is 7.89. The predicted octanol–water partition coefficient (Wildman–Crippen LogP) is 1.54. The number of rotatable bonds is 6. The summed E-state index contributed by atoms with van der Waals surface area (Å²) in [5.41, 5.74) is -0.543. The van der Waals surface area contributed by atoms with E-state index in [0.717, 1.165) is 0 Å². The summed E-state index contributed by atoms with van der Waals surface area (Å²) in [6, 6.07) is 1.90. The molecule has 0 aromatic carbocycles. The lowest BCUT2D eigenvalue weighted by molar-refractivity contribution is 0.178. The van der Waals surface area contributed by atoms with Crippen LogP contribution in [0.4, 0.5) is 0 Å². The number of nitrogens with one attached hydrogen (secondary N) is 2. The average Bonchev–Trinajstić information content (AvgIpc) is 2.92. The maximum atomic E-state index is 12.5. The van der Waals surface area contributed by atoms with Crippen LogP contribution >= 0.6 is 0 Å². The summed E-state index contributed by atoms with van der Waals surface area (Å²) in [6.07, 6.45) is 0.672. The molecule has 2 N–H and O–H groups in total. The molecule has 1 fully saturated rings. The number of hydrogen-bond donors (Lipinski definition) is 2. The number of ether oxygens (including phenoxy) is 1. The Kier molecular flexibility index (Phi) is 4.77. The molecule has 0 aliphatic carbocycles. The van der Waals surface area contributed by atoms with Crippen molar-refractivity contribution in [2.45, 2.75) is 57.1 Å². The van der Waals surface area contributed by atoms with E-state index in [1.54, 1.807) is 13.0 Å². The van der Waals surface area contributed by atoms with Crippen LogP contribution in [-0.4, -0.2) is 33.2 Å². The molecule has 21 heavy (non-hydrogen) atoms. The van der Waals surface area contributed by atoms with Gasteiger partial charge in [-0.2, -0.15) is 0 Å². The third kappa shape index (κ3) is 4.06. The second kappa shape index (κ2) is 6.08. The highest BCUT2D eigenvalue weighted by Gasteiger charge is 2.35. The SMILES string of the molecule is Cc1oc(CNC(C)C)cc1S(=O)(=O)NC1(C)CCOC1. The summed E-state index contributed by atoms with van der Waals surface area (Å²) >= 11 is 0. The molecule has 2 heterocycles. The summed E-state index contributed by atoms with van der Waals surface area (Å²) in [4.78, 5) is 0.205. The third-order valence-corrected chi connectivity index (χ3v) is 5.24. The van der Waals surface area contributed by atoms with Gasteiger partial charge in [0, 0.05) is 18.7 Å². The molecule has 0 radical (unpaired) electrons. The molecule has 1 aliphatic heterocycles. The Morgan fingerprint density at radius 3 is 2.71 bits per heavy atom. The minimum Gasteiger partial charge on any atom is -0.464 e. The summed E-state index contributed by atoms with van der Waals surface area (Å²) < 4.78 is 38.6. The molecular weight excluding hydrogens is 292 g/mol. The largest absolute Gasteiger partial charge is 0.464 e. The van der Waals surface area contributed by atoms with E-state index >= 15 is 0 Å². The molecule has 1 unspecified atom stereocenters. The van der Waals surface area contributed by atoms with Crippen molar-refractivity contribution in [2.24, 2.45) is 0 Å². The molecule has 6 nitrogen and oxygen atoms in total. The molecule has 0 amide bonds. The zero-order chi connectivity index (χ0) is 15.7. The minimum atomic E-state index is -3.60. The number of aryl methyl sites for hydroxylation is 1. The Morgan fingerprint density at radius 2 is 2.14 bits per heavy atom. The topological polar surface area (TPSA) is 80.6 Å². The van der Waals surface area contributed by atoms with Crippen molar-refractivity contribution in [2.75, 3.05) is 13.2 Å². The first-order valence-corrected chi connectivity index (χ1v) is 8.65. The van der Waals surface area contributed by atoms with Crippen LogP contribution in [0, 0.1) is 6.92 Å². The average molecular weight is 316 g/mol. The third-order valence-electron chi connectivity index (χ3n) is 3.50. The normalized spacial score (nSPS) is 23.1. The summed E-state index contributed by atoms with van der Waals surface area (Å²) in [7, 11) is -3.60. The van der Waals surface area contributed by atoms with Gasteiger partial charge >= 0.3 is 0 Å². The molecular formula is C14H24N2O4S. The van der Waals surface area contributed by atoms with Crippen LogP contribution in [0.3, 0.4) is 0 Å². The zero-order valence-corrected chi connectivity index (χ0v) is 13.8. The molecule has 0 saturated carbocycles. The van der Waals surface area contributed by atoms with Gasteiger partial charge in [-0.15, -0.1) is 0 Å². The highest BCUT2D eigenvalue weighted by Crippen LogP contribution is 2.25. The smallest absolute Gasteiger partial charge is 0.244 e. The number of hydrogen-bond acceptors (Lipinski definition) is 5. The zero-order valence-electron chi connectivity index (χ0n) is 13.0. The highest BCUT2D eigenvalue weighted by atomic mass is 32.2. The van der Waals surface area contributed by atoms with Gasteiger partial charge < -0.3 is 14.5 Å². The van der Waals surface area contributed by atoms with E-state index in [1.807, 2.05) is 20.8 Å². The fourth-order valence-electron chi connectivity index (χ4n) is 2.31. The summed E-state index contributed by atoms with van der Waals surface area (Å²) in [5, 5.41) is 3.21. The van der Waals surface area contributed by atoms with Gasteiger partial charge in [0.2, 0.25) is 10.0 Å². The van der Waals surface area contributed by atoms with Crippen LogP contribution in [-0.2, 0) is 21.3 Å². The molecule has 0 spiro atoms. The lowest BCUT2D eigenvalue weighted by atomic mass is 10.0. The standard InChI is InChI=1S/C14H24N2O4S/c1-10(2)15-8-12-7-13(11(3)20-12)21(17,18)16-14(4)5-6-19-9-14/h7,10,15-16H,5-6,8-9H2,1-4H3.